The summed E-state index contributed by atoms with van der Waals surface area (Å²) in [4.78, 5) is 0. The summed E-state index contributed by atoms with van der Waals surface area (Å²) in [6.45, 7) is 0. The molecule has 2 nitrogen and oxygen atoms in total. The van der Waals surface area contributed by atoms with Crippen molar-refractivity contribution < 1.29 is 1.37 Å². The summed E-state index contributed by atoms with van der Waals surface area (Å²) in [7, 11) is 0. The van der Waals surface area contributed by atoms with Gasteiger partial charge in [0.05, 0.1) is 12.7 Å². The minimum absolute atomic E-state index is 0.454. The highest BCUT2D eigenvalue weighted by atomic mass is 14.9. The van der Waals surface area contributed by atoms with E-state index in [1.807, 2.05) is 54.6 Å². The molecule has 0 fully saturated rings. The van der Waals surface area contributed by atoms with Crippen LogP contribution < -0.4 is 11.1 Å². The quantitative estimate of drug-likeness (QED) is 0.655. The van der Waals surface area contributed by atoms with E-state index < -0.39 is 0 Å². The fourth-order valence-corrected chi connectivity index (χ4v) is 1.98. The molecule has 0 radical (unpaired) electrons. The number of rotatable bonds is 2. The number of nitrogen functional groups attached to an aromatic ring is 1. The van der Waals surface area contributed by atoms with Crippen LogP contribution in [-0.2, 0) is 0 Å². The number of nitrogens with two attached hydrogens (primary N) is 1. The van der Waals surface area contributed by atoms with Crippen molar-refractivity contribution in [2.45, 2.75) is 0 Å². The van der Waals surface area contributed by atoms with E-state index in [2.05, 4.69) is 5.32 Å². The highest BCUT2D eigenvalue weighted by Crippen LogP contribution is 2.28. The summed E-state index contributed by atoms with van der Waals surface area (Å²) >= 11 is 0. The molecule has 0 bridgehead atoms. The van der Waals surface area contributed by atoms with Crippen LogP contribution in [0.4, 0.5) is 17.1 Å². The number of hydrogen-bond acceptors (Lipinski definition) is 2. The molecule has 0 aliphatic heterocycles. The molecule has 0 aliphatic rings. The molecule has 0 saturated carbocycles. The second-order valence-electron chi connectivity index (χ2n) is 4.19. The first-order chi connectivity index (χ1) is 9.24. The molecule has 0 saturated heterocycles. The minimum Gasteiger partial charge on any atom is -0.397 e. The van der Waals surface area contributed by atoms with Gasteiger partial charge in [-0.25, -0.2) is 0 Å². The van der Waals surface area contributed by atoms with Gasteiger partial charge in [-0.3, -0.25) is 0 Å². The lowest BCUT2D eigenvalue weighted by Crippen LogP contribution is -1.96. The maximum atomic E-state index is 7.85. The molecule has 0 atom stereocenters. The molecule has 0 unspecified atom stereocenters. The fourth-order valence-electron chi connectivity index (χ4n) is 1.98. The van der Waals surface area contributed by atoms with Gasteiger partial charge in [0, 0.05) is 5.69 Å². The normalized spacial score (nSPS) is 11.2. The van der Waals surface area contributed by atoms with E-state index in [-0.39, 0.29) is 0 Å². The van der Waals surface area contributed by atoms with Crippen molar-refractivity contribution in [3.8, 4) is 0 Å². The van der Waals surface area contributed by atoms with E-state index in [1.165, 1.54) is 0 Å². The predicted molar refractivity (Wildman–Crippen MR) is 78.1 cm³/mol. The first-order valence-corrected chi connectivity index (χ1v) is 5.85. The van der Waals surface area contributed by atoms with Crippen molar-refractivity contribution in [1.29, 1.82) is 0 Å². The average Bonchev–Trinajstić information content (AvgIpc) is 2.42. The van der Waals surface area contributed by atoms with Crippen molar-refractivity contribution in [3.05, 3.63) is 66.7 Å². The Morgan fingerprint density at radius 3 is 2.39 bits per heavy atom. The van der Waals surface area contributed by atoms with Gasteiger partial charge in [0.1, 0.15) is 0 Å². The highest BCUT2D eigenvalue weighted by Gasteiger charge is 2.02. The minimum atomic E-state index is 0.454. The van der Waals surface area contributed by atoms with Crippen molar-refractivity contribution in [2.24, 2.45) is 0 Å². The second-order valence-corrected chi connectivity index (χ2v) is 4.19. The number of hydrogen-bond donors (Lipinski definition) is 2. The van der Waals surface area contributed by atoms with Crippen LogP contribution >= 0.6 is 0 Å². The van der Waals surface area contributed by atoms with Crippen LogP contribution in [0.1, 0.15) is 1.37 Å². The molecule has 0 spiro atoms. The molecular formula is C16H14N2. The first-order valence-electron chi connectivity index (χ1n) is 6.35. The van der Waals surface area contributed by atoms with E-state index in [4.69, 9.17) is 7.10 Å². The van der Waals surface area contributed by atoms with Gasteiger partial charge in [-0.2, -0.15) is 0 Å². The van der Waals surface area contributed by atoms with Crippen LogP contribution in [0.2, 0.25) is 0 Å². The Morgan fingerprint density at radius 2 is 1.61 bits per heavy atom. The molecule has 0 aliphatic carbocycles. The summed E-state index contributed by atoms with van der Waals surface area (Å²) in [5, 5.41) is 5.46. The van der Waals surface area contributed by atoms with Crippen LogP contribution in [0, 0.1) is 0 Å². The standard InChI is InChI=1S/C16H14N2/c17-15-10-12-6-4-5-7-13(12)11-16(15)18-14-8-2-1-3-9-14/h1-11,18H,17H2/i8T. The number of nitrogens with one attached hydrogen (secondary N) is 1. The smallest absolute Gasteiger partial charge is 0.0645 e. The van der Waals surface area contributed by atoms with Crippen molar-refractivity contribution in [1.82, 2.24) is 0 Å². The van der Waals surface area contributed by atoms with Gasteiger partial charge in [-0.05, 0) is 35.0 Å². The maximum Gasteiger partial charge on any atom is 0.0645 e. The van der Waals surface area contributed by atoms with E-state index in [9.17, 15) is 0 Å². The van der Waals surface area contributed by atoms with Gasteiger partial charge in [0.25, 0.3) is 0 Å². The zero-order valence-corrected chi connectivity index (χ0v) is 9.85. The molecule has 3 rings (SSSR count). The Morgan fingerprint density at radius 1 is 0.889 bits per heavy atom. The van der Waals surface area contributed by atoms with E-state index in [1.54, 1.807) is 6.07 Å². The van der Waals surface area contributed by atoms with Gasteiger partial charge < -0.3 is 11.1 Å². The van der Waals surface area contributed by atoms with Crippen LogP contribution in [0.5, 0.6) is 0 Å². The van der Waals surface area contributed by atoms with E-state index >= 15 is 0 Å². The molecule has 3 aromatic rings. The molecule has 2 heteroatoms. The summed E-state index contributed by atoms with van der Waals surface area (Å²) in [5.74, 6) is 0. The van der Waals surface area contributed by atoms with Gasteiger partial charge in [-0.15, -0.1) is 0 Å². The number of benzene rings is 3. The monoisotopic (exact) mass is 236 g/mol. The molecule has 0 heterocycles. The fraction of sp³-hybridized carbons (Fsp3) is 0. The topological polar surface area (TPSA) is 38.0 Å². The maximum absolute atomic E-state index is 7.85. The Kier molecular flexibility index (Phi) is 2.34. The number of anilines is 3. The number of para-hydroxylation sites is 1. The van der Waals surface area contributed by atoms with Crippen molar-refractivity contribution in [3.63, 3.8) is 0 Å². The lowest BCUT2D eigenvalue weighted by molar-refractivity contribution is 1.56. The van der Waals surface area contributed by atoms with Gasteiger partial charge in [-0.1, -0.05) is 42.5 Å². The molecule has 18 heavy (non-hydrogen) atoms. The third-order valence-electron chi connectivity index (χ3n) is 2.90. The summed E-state index contributed by atoms with van der Waals surface area (Å²) in [6, 6.07) is 19.9. The Bertz CT molecular complexity index is 738. The van der Waals surface area contributed by atoms with Crippen LogP contribution in [0.25, 0.3) is 10.8 Å². The van der Waals surface area contributed by atoms with Crippen LogP contribution in [0.15, 0.2) is 66.7 Å². The van der Waals surface area contributed by atoms with Gasteiger partial charge in [0.15, 0.2) is 0 Å². The van der Waals surface area contributed by atoms with Gasteiger partial charge >= 0.3 is 0 Å². The lowest BCUT2D eigenvalue weighted by atomic mass is 10.1. The molecule has 88 valence electrons. The average molecular weight is 236 g/mol. The third-order valence-corrected chi connectivity index (χ3v) is 2.90. The Labute approximate surface area is 107 Å². The summed E-state index contributed by atoms with van der Waals surface area (Å²) < 4.78 is 7.85. The molecule has 3 aromatic carbocycles. The van der Waals surface area contributed by atoms with Crippen LogP contribution in [-0.4, -0.2) is 0 Å². The van der Waals surface area contributed by atoms with Crippen molar-refractivity contribution in [2.75, 3.05) is 11.1 Å². The SMILES string of the molecule is [3H]c1ccccc1Nc1cc2ccccc2cc1N. The molecule has 0 amide bonds. The predicted octanol–water partition coefficient (Wildman–Crippen LogP) is 4.17. The largest absolute Gasteiger partial charge is 0.397 e. The Balaban J connectivity index is 2.06. The zero-order valence-electron chi connectivity index (χ0n) is 10.9. The molecule has 3 N–H and O–H groups in total. The third kappa shape index (κ3) is 2.00. The summed E-state index contributed by atoms with van der Waals surface area (Å²) in [5.41, 5.74) is 8.33. The van der Waals surface area contributed by atoms with Crippen LogP contribution in [0.3, 0.4) is 0 Å². The molecule has 0 aromatic heterocycles. The Hall–Kier alpha value is -2.48. The first kappa shape index (κ1) is 9.54. The zero-order chi connectivity index (χ0) is 13.2. The highest BCUT2D eigenvalue weighted by molar-refractivity contribution is 5.92. The second kappa shape index (κ2) is 4.41. The van der Waals surface area contributed by atoms with E-state index in [0.29, 0.717) is 11.7 Å². The van der Waals surface area contributed by atoms with Crippen molar-refractivity contribution >= 4 is 27.8 Å². The summed E-state index contributed by atoms with van der Waals surface area (Å²) in [6.07, 6.45) is 0. The van der Waals surface area contributed by atoms with E-state index in [0.717, 1.165) is 22.1 Å². The lowest BCUT2D eigenvalue weighted by Gasteiger charge is -2.10. The molecular weight excluding hydrogens is 220 g/mol. The number of fused-ring (bicyclic) bond motifs is 1. The van der Waals surface area contributed by atoms with Gasteiger partial charge in [0.2, 0.25) is 0 Å².